The lowest BCUT2D eigenvalue weighted by molar-refractivity contribution is 0.0807. The van der Waals surface area contributed by atoms with Crippen molar-refractivity contribution in [2.75, 3.05) is 19.5 Å². The van der Waals surface area contributed by atoms with Gasteiger partial charge in [0.25, 0.3) is 0 Å². The second-order valence-corrected chi connectivity index (χ2v) is 3.11. The number of anilines is 1. The second kappa shape index (κ2) is 6.04. The molecule has 0 radical (unpaired) electrons. The average molecular weight is 225 g/mol. The molecule has 3 N–H and O–H groups in total. The van der Waals surface area contributed by atoms with Gasteiger partial charge in [-0.1, -0.05) is 6.08 Å². The Bertz CT molecular complexity index is 414. The molecule has 1 aromatic heterocycles. The zero-order chi connectivity index (χ0) is 12.0. The van der Waals surface area contributed by atoms with Crippen molar-refractivity contribution >= 4 is 5.82 Å². The fraction of sp³-hybridized carbons (Fsp3) is 0.400. The molecule has 0 saturated heterocycles. The molecule has 0 amide bonds. The van der Waals surface area contributed by atoms with Crippen molar-refractivity contribution in [1.82, 2.24) is 9.55 Å². The highest BCUT2D eigenvalue weighted by Crippen LogP contribution is 2.06. The van der Waals surface area contributed by atoms with Crippen molar-refractivity contribution in [1.29, 1.82) is 0 Å². The number of aliphatic hydroxyl groups is 1. The second-order valence-electron chi connectivity index (χ2n) is 3.11. The minimum absolute atomic E-state index is 0.0574. The summed E-state index contributed by atoms with van der Waals surface area (Å²) in [6.07, 6.45) is 4.90. The number of aromatic nitrogens is 2. The largest absolute Gasteiger partial charge is 0.396 e. The Kier molecular flexibility index (Phi) is 4.68. The van der Waals surface area contributed by atoms with Crippen molar-refractivity contribution in [3.63, 3.8) is 0 Å². The third-order valence-electron chi connectivity index (χ3n) is 1.96. The first kappa shape index (κ1) is 12.4. The van der Waals surface area contributed by atoms with E-state index in [-0.39, 0.29) is 12.4 Å². The number of nitrogen functional groups attached to an aromatic ring is 1. The number of methoxy groups -OCH3 is 1. The maximum Gasteiger partial charge on any atom is 0.351 e. The summed E-state index contributed by atoms with van der Waals surface area (Å²) >= 11 is 0. The van der Waals surface area contributed by atoms with E-state index in [1.807, 2.05) is 0 Å². The van der Waals surface area contributed by atoms with Crippen LogP contribution >= 0.6 is 0 Å². The van der Waals surface area contributed by atoms with Gasteiger partial charge in [-0.2, -0.15) is 4.98 Å². The van der Waals surface area contributed by atoms with Crippen LogP contribution in [0.1, 0.15) is 12.6 Å². The van der Waals surface area contributed by atoms with E-state index in [9.17, 15) is 4.79 Å². The highest BCUT2D eigenvalue weighted by atomic mass is 16.5. The van der Waals surface area contributed by atoms with Crippen LogP contribution < -0.4 is 11.4 Å². The summed E-state index contributed by atoms with van der Waals surface area (Å²) in [6, 6.07) is 1.52. The van der Waals surface area contributed by atoms with E-state index in [2.05, 4.69) is 4.98 Å². The lowest BCUT2D eigenvalue weighted by Gasteiger charge is -2.13. The third kappa shape index (κ3) is 3.18. The summed E-state index contributed by atoms with van der Waals surface area (Å²) in [6.45, 7) is 0.0574. The third-order valence-corrected chi connectivity index (χ3v) is 1.96. The van der Waals surface area contributed by atoms with E-state index >= 15 is 0 Å². The normalized spacial score (nSPS) is 13.1. The summed E-state index contributed by atoms with van der Waals surface area (Å²) in [5.41, 5.74) is 4.90. The highest BCUT2D eigenvalue weighted by molar-refractivity contribution is 5.23. The predicted molar refractivity (Wildman–Crippen MR) is 59.8 cm³/mol. The maximum atomic E-state index is 11.5. The van der Waals surface area contributed by atoms with Gasteiger partial charge >= 0.3 is 5.69 Å². The summed E-state index contributed by atoms with van der Waals surface area (Å²) in [5.74, 6) is 0.176. The SMILES string of the molecule is COC(C=CCCO)n1ccc(N)nc1=O. The minimum Gasteiger partial charge on any atom is -0.396 e. The first-order chi connectivity index (χ1) is 7.69. The fourth-order valence-electron chi connectivity index (χ4n) is 1.19. The molecule has 6 heteroatoms. The number of ether oxygens (including phenoxy) is 1. The topological polar surface area (TPSA) is 90.4 Å². The van der Waals surface area contributed by atoms with Gasteiger partial charge in [-0.05, 0) is 18.6 Å². The molecule has 1 aromatic rings. The average Bonchev–Trinajstić information content (AvgIpc) is 2.26. The molecular weight excluding hydrogens is 210 g/mol. The van der Waals surface area contributed by atoms with Crippen LogP contribution in [0.5, 0.6) is 0 Å². The van der Waals surface area contributed by atoms with E-state index in [0.29, 0.717) is 6.42 Å². The summed E-state index contributed by atoms with van der Waals surface area (Å²) in [4.78, 5) is 15.1. The summed E-state index contributed by atoms with van der Waals surface area (Å²) in [5, 5.41) is 8.62. The molecule has 6 nitrogen and oxygen atoms in total. The van der Waals surface area contributed by atoms with Crippen LogP contribution in [0.25, 0.3) is 0 Å². The van der Waals surface area contributed by atoms with Gasteiger partial charge in [0.2, 0.25) is 0 Å². The van der Waals surface area contributed by atoms with Gasteiger partial charge in [0, 0.05) is 19.9 Å². The quantitative estimate of drug-likeness (QED) is 0.683. The van der Waals surface area contributed by atoms with Gasteiger partial charge < -0.3 is 15.6 Å². The number of aliphatic hydroxyl groups excluding tert-OH is 1. The zero-order valence-corrected chi connectivity index (χ0v) is 9.04. The first-order valence-electron chi connectivity index (χ1n) is 4.84. The summed E-state index contributed by atoms with van der Waals surface area (Å²) in [7, 11) is 1.48. The Labute approximate surface area is 93.0 Å². The van der Waals surface area contributed by atoms with Crippen LogP contribution in [0.3, 0.4) is 0 Å². The number of hydrogen-bond acceptors (Lipinski definition) is 5. The molecule has 1 heterocycles. The lowest BCUT2D eigenvalue weighted by Crippen LogP contribution is -2.27. The highest BCUT2D eigenvalue weighted by Gasteiger charge is 2.07. The molecule has 1 unspecified atom stereocenters. The molecule has 0 aliphatic rings. The molecule has 0 bridgehead atoms. The Balaban J connectivity index is 2.91. The molecule has 88 valence electrons. The Morgan fingerprint density at radius 1 is 1.75 bits per heavy atom. The molecule has 0 aromatic carbocycles. The van der Waals surface area contributed by atoms with Crippen LogP contribution in [0.15, 0.2) is 29.2 Å². The van der Waals surface area contributed by atoms with Crippen LogP contribution in [0, 0.1) is 0 Å². The van der Waals surface area contributed by atoms with E-state index in [4.69, 9.17) is 15.6 Å². The molecule has 0 saturated carbocycles. The van der Waals surface area contributed by atoms with Crippen LogP contribution in [-0.4, -0.2) is 28.4 Å². The predicted octanol–water partition coefficient (Wildman–Crippen LogP) is -0.0909. The van der Waals surface area contributed by atoms with Gasteiger partial charge in [0.1, 0.15) is 5.82 Å². The van der Waals surface area contributed by atoms with Crippen molar-refractivity contribution in [3.8, 4) is 0 Å². The molecule has 0 spiro atoms. The Hall–Kier alpha value is -1.66. The number of hydrogen-bond donors (Lipinski definition) is 2. The van der Waals surface area contributed by atoms with Crippen LogP contribution in [0.4, 0.5) is 5.82 Å². The minimum atomic E-state index is -0.535. The summed E-state index contributed by atoms with van der Waals surface area (Å²) < 4.78 is 6.43. The van der Waals surface area contributed by atoms with Crippen LogP contribution in [-0.2, 0) is 4.74 Å². The van der Waals surface area contributed by atoms with Crippen molar-refractivity contribution in [2.24, 2.45) is 0 Å². The molecule has 1 atom stereocenters. The molecule has 16 heavy (non-hydrogen) atoms. The van der Waals surface area contributed by atoms with E-state index in [1.54, 1.807) is 12.2 Å². The van der Waals surface area contributed by atoms with Gasteiger partial charge in [-0.25, -0.2) is 4.79 Å². The van der Waals surface area contributed by atoms with Gasteiger partial charge in [0.15, 0.2) is 6.23 Å². The van der Waals surface area contributed by atoms with E-state index in [1.165, 1.54) is 23.9 Å². The number of nitrogens with two attached hydrogens (primary N) is 1. The maximum absolute atomic E-state index is 11.5. The first-order valence-corrected chi connectivity index (χ1v) is 4.84. The molecular formula is C10H15N3O3. The lowest BCUT2D eigenvalue weighted by atomic mass is 10.3. The van der Waals surface area contributed by atoms with E-state index < -0.39 is 11.9 Å². The molecule has 0 aliphatic carbocycles. The van der Waals surface area contributed by atoms with Crippen molar-refractivity contribution in [2.45, 2.75) is 12.6 Å². The van der Waals surface area contributed by atoms with Crippen molar-refractivity contribution in [3.05, 3.63) is 34.9 Å². The van der Waals surface area contributed by atoms with Gasteiger partial charge in [-0.3, -0.25) is 4.57 Å². The van der Waals surface area contributed by atoms with Crippen LogP contribution in [0.2, 0.25) is 0 Å². The van der Waals surface area contributed by atoms with Crippen molar-refractivity contribution < 1.29 is 9.84 Å². The number of rotatable bonds is 5. The fourth-order valence-corrected chi connectivity index (χ4v) is 1.19. The Morgan fingerprint density at radius 3 is 3.06 bits per heavy atom. The zero-order valence-electron chi connectivity index (χ0n) is 9.04. The van der Waals surface area contributed by atoms with Gasteiger partial charge in [-0.15, -0.1) is 0 Å². The monoisotopic (exact) mass is 225 g/mol. The number of nitrogens with zero attached hydrogens (tertiary/aromatic N) is 2. The smallest absolute Gasteiger partial charge is 0.351 e. The van der Waals surface area contributed by atoms with Gasteiger partial charge in [0.05, 0.1) is 0 Å². The molecule has 1 rings (SSSR count). The Morgan fingerprint density at radius 2 is 2.50 bits per heavy atom. The molecule has 0 aliphatic heterocycles. The molecule has 0 fully saturated rings. The standard InChI is InChI=1S/C10H15N3O3/c1-16-9(4-2-3-7-14)13-6-5-8(11)12-10(13)15/h2,4-6,9,14H,3,7H2,1H3,(H2,11,12,15). The van der Waals surface area contributed by atoms with E-state index in [0.717, 1.165) is 0 Å².